The second kappa shape index (κ2) is 8.50. The molecule has 3 aromatic rings. The average Bonchev–Trinajstić information content (AvgIpc) is 3.08. The number of hydrogen-bond donors (Lipinski definition) is 1. The molecule has 1 N–H and O–H groups in total. The SMILES string of the molecule is COc1cccc2sc(N(CCC[NH+](C)C)C(=O)c3ccccc3C)nc12. The van der Waals surface area contributed by atoms with Gasteiger partial charge < -0.3 is 9.64 Å². The zero-order valence-corrected chi connectivity index (χ0v) is 17.1. The number of nitrogens with one attached hydrogen (secondary N) is 1. The fourth-order valence-electron chi connectivity index (χ4n) is 3.02. The second-order valence-corrected chi connectivity index (χ2v) is 7.89. The van der Waals surface area contributed by atoms with Crippen LogP contribution in [0.5, 0.6) is 5.75 Å². The normalized spacial score (nSPS) is 11.1. The van der Waals surface area contributed by atoms with Crippen LogP contribution >= 0.6 is 11.3 Å². The molecule has 0 bridgehead atoms. The van der Waals surface area contributed by atoms with Crippen molar-refractivity contribution >= 4 is 32.6 Å². The van der Waals surface area contributed by atoms with E-state index < -0.39 is 0 Å². The zero-order chi connectivity index (χ0) is 19.4. The first-order chi connectivity index (χ1) is 13.0. The first kappa shape index (κ1) is 19.3. The Labute approximate surface area is 164 Å². The molecule has 0 aliphatic rings. The summed E-state index contributed by atoms with van der Waals surface area (Å²) in [6.07, 6.45) is 0.910. The molecule has 2 aromatic carbocycles. The molecule has 142 valence electrons. The lowest BCUT2D eigenvalue weighted by Gasteiger charge is -2.21. The summed E-state index contributed by atoms with van der Waals surface area (Å²) in [5, 5.41) is 0.719. The zero-order valence-electron chi connectivity index (χ0n) is 16.3. The molecule has 27 heavy (non-hydrogen) atoms. The Morgan fingerprint density at radius 3 is 2.67 bits per heavy atom. The summed E-state index contributed by atoms with van der Waals surface area (Å²) in [6, 6.07) is 13.6. The van der Waals surface area contributed by atoms with E-state index in [1.165, 1.54) is 16.2 Å². The lowest BCUT2D eigenvalue weighted by atomic mass is 10.1. The molecule has 0 radical (unpaired) electrons. The highest BCUT2D eigenvalue weighted by Gasteiger charge is 2.23. The van der Waals surface area contributed by atoms with Crippen LogP contribution in [-0.2, 0) is 0 Å². The van der Waals surface area contributed by atoms with Gasteiger partial charge in [0.1, 0.15) is 11.3 Å². The lowest BCUT2D eigenvalue weighted by Crippen LogP contribution is -3.05. The number of hydrogen-bond acceptors (Lipinski definition) is 4. The fourth-order valence-corrected chi connectivity index (χ4v) is 4.03. The molecule has 1 aromatic heterocycles. The maximum absolute atomic E-state index is 13.3. The maximum Gasteiger partial charge on any atom is 0.260 e. The van der Waals surface area contributed by atoms with Crippen molar-refractivity contribution in [3.05, 3.63) is 53.6 Å². The summed E-state index contributed by atoms with van der Waals surface area (Å²) in [7, 11) is 5.88. The number of quaternary nitrogens is 1. The van der Waals surface area contributed by atoms with Gasteiger partial charge in [-0.3, -0.25) is 9.69 Å². The third kappa shape index (κ3) is 4.28. The van der Waals surface area contributed by atoms with Gasteiger partial charge in [-0.2, -0.15) is 0 Å². The Morgan fingerprint density at radius 1 is 1.19 bits per heavy atom. The molecule has 0 fully saturated rings. The minimum Gasteiger partial charge on any atom is -0.494 e. The standard InChI is InChI=1S/C21H25N3O2S/c1-15-9-5-6-10-16(15)20(25)24(14-8-13-23(2)3)21-22-19-17(26-4)11-7-12-18(19)27-21/h5-7,9-12H,8,13-14H2,1-4H3/p+1. The van der Waals surface area contributed by atoms with Gasteiger partial charge in [-0.25, -0.2) is 4.98 Å². The Kier molecular flexibility index (Phi) is 6.08. The third-order valence-corrected chi connectivity index (χ3v) is 5.54. The Morgan fingerprint density at radius 2 is 1.96 bits per heavy atom. The van der Waals surface area contributed by atoms with Crippen LogP contribution in [0, 0.1) is 6.92 Å². The molecule has 0 aliphatic heterocycles. The van der Waals surface area contributed by atoms with Crippen LogP contribution in [0.1, 0.15) is 22.3 Å². The molecule has 1 amide bonds. The van der Waals surface area contributed by atoms with Gasteiger partial charge in [0.2, 0.25) is 0 Å². The first-order valence-corrected chi connectivity index (χ1v) is 9.93. The lowest BCUT2D eigenvalue weighted by molar-refractivity contribution is -0.858. The summed E-state index contributed by atoms with van der Waals surface area (Å²) in [6.45, 7) is 3.60. The predicted octanol–water partition coefficient (Wildman–Crippen LogP) is 2.79. The van der Waals surface area contributed by atoms with Gasteiger partial charge in [0, 0.05) is 18.5 Å². The number of para-hydroxylation sites is 1. The number of aryl methyl sites for hydroxylation is 1. The second-order valence-electron chi connectivity index (χ2n) is 6.89. The monoisotopic (exact) mass is 384 g/mol. The van der Waals surface area contributed by atoms with Crippen molar-refractivity contribution in [2.75, 3.05) is 39.2 Å². The van der Waals surface area contributed by atoms with Gasteiger partial charge in [0.25, 0.3) is 5.91 Å². The first-order valence-electron chi connectivity index (χ1n) is 9.11. The van der Waals surface area contributed by atoms with Crippen molar-refractivity contribution in [3.8, 4) is 5.75 Å². The quantitative estimate of drug-likeness (QED) is 0.681. The molecule has 0 unspecified atom stereocenters. The summed E-state index contributed by atoms with van der Waals surface area (Å²) in [4.78, 5) is 21.3. The number of thiazole rings is 1. The highest BCUT2D eigenvalue weighted by Crippen LogP contribution is 2.34. The number of nitrogens with zero attached hydrogens (tertiary/aromatic N) is 2. The molecule has 0 spiro atoms. The number of anilines is 1. The molecule has 0 aliphatic carbocycles. The van der Waals surface area contributed by atoms with Crippen molar-refractivity contribution in [3.63, 3.8) is 0 Å². The van der Waals surface area contributed by atoms with Crippen molar-refractivity contribution in [1.82, 2.24) is 4.98 Å². The van der Waals surface area contributed by atoms with E-state index in [0.29, 0.717) is 6.54 Å². The van der Waals surface area contributed by atoms with Gasteiger partial charge in [-0.15, -0.1) is 0 Å². The number of rotatable bonds is 7. The molecule has 1 heterocycles. The number of carbonyl (C=O) groups is 1. The molecule has 6 heteroatoms. The van der Waals surface area contributed by atoms with Crippen molar-refractivity contribution in [2.45, 2.75) is 13.3 Å². The summed E-state index contributed by atoms with van der Waals surface area (Å²) in [5.41, 5.74) is 2.51. The van der Waals surface area contributed by atoms with Gasteiger partial charge in [0.15, 0.2) is 5.13 Å². The highest BCUT2D eigenvalue weighted by atomic mass is 32.1. The van der Waals surface area contributed by atoms with Crippen LogP contribution in [0.3, 0.4) is 0 Å². The Balaban J connectivity index is 1.99. The summed E-state index contributed by atoms with van der Waals surface area (Å²) < 4.78 is 6.45. The van der Waals surface area contributed by atoms with E-state index >= 15 is 0 Å². The molecule has 3 rings (SSSR count). The molecular formula is C21H26N3O2S+. The van der Waals surface area contributed by atoms with E-state index in [-0.39, 0.29) is 5.91 Å². The smallest absolute Gasteiger partial charge is 0.260 e. The number of aromatic nitrogens is 1. The van der Waals surface area contributed by atoms with Crippen molar-refractivity contribution < 1.29 is 14.4 Å². The van der Waals surface area contributed by atoms with E-state index in [0.717, 1.165) is 45.2 Å². The van der Waals surface area contributed by atoms with Crippen LogP contribution in [0.4, 0.5) is 5.13 Å². The number of fused-ring (bicyclic) bond motifs is 1. The Bertz CT molecular complexity index is 936. The van der Waals surface area contributed by atoms with Crippen molar-refractivity contribution in [1.29, 1.82) is 0 Å². The Hall–Kier alpha value is -2.44. The third-order valence-electron chi connectivity index (χ3n) is 4.50. The van der Waals surface area contributed by atoms with Gasteiger partial charge in [-0.1, -0.05) is 35.6 Å². The maximum atomic E-state index is 13.3. The van der Waals surface area contributed by atoms with Gasteiger partial charge in [-0.05, 0) is 30.7 Å². The van der Waals surface area contributed by atoms with E-state index in [2.05, 4.69) is 14.1 Å². The highest BCUT2D eigenvalue weighted by molar-refractivity contribution is 7.22. The minimum absolute atomic E-state index is 0.000112. The van der Waals surface area contributed by atoms with Gasteiger partial charge in [0.05, 0.1) is 32.4 Å². The van der Waals surface area contributed by atoms with Crippen LogP contribution in [0.25, 0.3) is 10.2 Å². The predicted molar refractivity (Wildman–Crippen MR) is 111 cm³/mol. The number of ether oxygens (including phenoxy) is 1. The molecular weight excluding hydrogens is 358 g/mol. The van der Waals surface area contributed by atoms with E-state index in [9.17, 15) is 4.79 Å². The van der Waals surface area contributed by atoms with E-state index in [1.807, 2.05) is 54.3 Å². The van der Waals surface area contributed by atoms with Gasteiger partial charge >= 0.3 is 0 Å². The average molecular weight is 385 g/mol. The van der Waals surface area contributed by atoms with E-state index in [1.54, 1.807) is 7.11 Å². The topological polar surface area (TPSA) is 46.9 Å². The molecule has 5 nitrogen and oxygen atoms in total. The summed E-state index contributed by atoms with van der Waals surface area (Å²) >= 11 is 1.53. The summed E-state index contributed by atoms with van der Waals surface area (Å²) in [5.74, 6) is 0.732. The van der Waals surface area contributed by atoms with Crippen LogP contribution in [0.15, 0.2) is 42.5 Å². The molecule has 0 saturated carbocycles. The molecule has 0 saturated heterocycles. The van der Waals surface area contributed by atoms with Crippen molar-refractivity contribution in [2.24, 2.45) is 0 Å². The number of benzene rings is 2. The van der Waals surface area contributed by atoms with Crippen LogP contribution in [0.2, 0.25) is 0 Å². The number of amides is 1. The van der Waals surface area contributed by atoms with E-state index in [4.69, 9.17) is 9.72 Å². The number of methoxy groups -OCH3 is 1. The number of carbonyl (C=O) groups excluding carboxylic acids is 1. The largest absolute Gasteiger partial charge is 0.494 e. The minimum atomic E-state index is -0.000112. The van der Waals surface area contributed by atoms with Crippen LogP contribution in [-0.4, -0.2) is 45.2 Å². The van der Waals surface area contributed by atoms with Crippen LogP contribution < -0.4 is 14.5 Å². The molecule has 0 atom stereocenters. The fraction of sp³-hybridized carbons (Fsp3) is 0.333.